The first kappa shape index (κ1) is 20.2. The smallest absolute Gasteiger partial charge is 0.242 e. The van der Waals surface area contributed by atoms with Crippen molar-refractivity contribution in [2.24, 2.45) is 7.05 Å². The van der Waals surface area contributed by atoms with E-state index in [1.165, 1.54) is 4.68 Å². The summed E-state index contributed by atoms with van der Waals surface area (Å²) in [6.45, 7) is 4.01. The van der Waals surface area contributed by atoms with Gasteiger partial charge in [-0.2, -0.15) is 5.26 Å². The van der Waals surface area contributed by atoms with E-state index < -0.39 is 0 Å². The van der Waals surface area contributed by atoms with Crippen LogP contribution in [-0.2, 0) is 7.05 Å². The minimum Gasteiger partial charge on any atom is -0.490 e. The number of nitrogen functional groups attached to an aromatic ring is 1. The molecule has 0 spiro atoms. The Morgan fingerprint density at radius 1 is 1.12 bits per heavy atom. The Hall–Kier alpha value is -3.73. The molecule has 2 unspecified atom stereocenters. The fraction of sp³-hybridized carbons (Fsp3) is 0.375. The van der Waals surface area contributed by atoms with Crippen molar-refractivity contribution >= 4 is 5.82 Å². The number of pyridine rings is 1. The van der Waals surface area contributed by atoms with Crippen LogP contribution in [0.5, 0.6) is 17.4 Å². The second-order valence-electron chi connectivity index (χ2n) is 8.47. The number of aromatic nitrogens is 3. The molecule has 1 aromatic carbocycles. The quantitative estimate of drug-likeness (QED) is 0.571. The van der Waals surface area contributed by atoms with Crippen LogP contribution >= 0.6 is 0 Å². The van der Waals surface area contributed by atoms with Gasteiger partial charge in [0, 0.05) is 30.8 Å². The lowest BCUT2D eigenvalue weighted by atomic mass is 10.1. The number of nitrogens with zero attached hydrogens (tertiary/aromatic N) is 4. The first-order valence-corrected chi connectivity index (χ1v) is 10.8. The number of rotatable bonds is 0. The first-order chi connectivity index (χ1) is 15.4. The van der Waals surface area contributed by atoms with Crippen molar-refractivity contribution in [2.75, 3.05) is 5.73 Å². The summed E-state index contributed by atoms with van der Waals surface area (Å²) in [5.74, 6) is 1.92. The van der Waals surface area contributed by atoms with Gasteiger partial charge < -0.3 is 19.9 Å². The van der Waals surface area contributed by atoms with Gasteiger partial charge in [-0.15, -0.1) is 5.10 Å². The van der Waals surface area contributed by atoms with E-state index in [1.807, 2.05) is 26.0 Å². The molecule has 1 aliphatic carbocycles. The predicted molar refractivity (Wildman–Crippen MR) is 118 cm³/mol. The van der Waals surface area contributed by atoms with Crippen molar-refractivity contribution in [3.8, 4) is 34.6 Å². The summed E-state index contributed by atoms with van der Waals surface area (Å²) in [4.78, 5) is 4.33. The third-order valence-corrected chi connectivity index (χ3v) is 6.11. The number of nitrogens with two attached hydrogens (primary N) is 1. The number of ether oxygens (including phenoxy) is 3. The van der Waals surface area contributed by atoms with Gasteiger partial charge in [-0.3, -0.25) is 4.68 Å². The molecule has 8 nitrogen and oxygen atoms in total. The molecule has 1 aliphatic heterocycles. The van der Waals surface area contributed by atoms with Gasteiger partial charge in [0.1, 0.15) is 35.8 Å². The van der Waals surface area contributed by atoms with Gasteiger partial charge in [-0.1, -0.05) is 11.6 Å². The molecule has 0 radical (unpaired) electrons. The molecule has 164 valence electrons. The Morgan fingerprint density at radius 3 is 2.69 bits per heavy atom. The Balaban J connectivity index is 1.67. The second kappa shape index (κ2) is 7.75. The van der Waals surface area contributed by atoms with Crippen LogP contribution in [0.2, 0.25) is 0 Å². The highest BCUT2D eigenvalue weighted by molar-refractivity contribution is 5.76. The minimum absolute atomic E-state index is 0.0313. The maximum absolute atomic E-state index is 9.77. The van der Waals surface area contributed by atoms with E-state index in [4.69, 9.17) is 19.9 Å². The van der Waals surface area contributed by atoms with Crippen molar-refractivity contribution in [1.82, 2.24) is 14.8 Å². The van der Waals surface area contributed by atoms with Crippen LogP contribution in [0, 0.1) is 18.3 Å². The predicted octanol–water partition coefficient (Wildman–Crippen LogP) is 4.08. The van der Waals surface area contributed by atoms with E-state index in [2.05, 4.69) is 22.2 Å². The number of hydrogen-bond acceptors (Lipinski definition) is 7. The SMILES string of the molecule is Cc1ccc2c(c1)[C@@H](C)Oc1cc(cnc1N)-c1c(nn(C)c1C#N)OC1CCC(C1)O2. The van der Waals surface area contributed by atoms with Crippen molar-refractivity contribution in [3.63, 3.8) is 0 Å². The van der Waals surface area contributed by atoms with Crippen molar-refractivity contribution in [3.05, 3.63) is 47.3 Å². The zero-order chi connectivity index (χ0) is 22.4. The number of hydrogen-bond donors (Lipinski definition) is 1. The minimum atomic E-state index is -0.315. The van der Waals surface area contributed by atoms with E-state index in [-0.39, 0.29) is 24.1 Å². The van der Waals surface area contributed by atoms with Gasteiger partial charge >= 0.3 is 0 Å². The highest BCUT2D eigenvalue weighted by Crippen LogP contribution is 2.40. The van der Waals surface area contributed by atoms with Crippen LogP contribution in [0.4, 0.5) is 5.82 Å². The number of aryl methyl sites for hydroxylation is 2. The van der Waals surface area contributed by atoms with Crippen LogP contribution in [0.1, 0.15) is 49.1 Å². The molecule has 2 aliphatic rings. The molecule has 3 aromatic rings. The zero-order valence-corrected chi connectivity index (χ0v) is 18.3. The molecule has 3 atom stereocenters. The number of anilines is 1. The summed E-state index contributed by atoms with van der Waals surface area (Å²) in [5.41, 5.74) is 9.89. The maximum Gasteiger partial charge on any atom is 0.242 e. The summed E-state index contributed by atoms with van der Waals surface area (Å²) in [7, 11) is 1.73. The molecule has 5 rings (SSSR count). The van der Waals surface area contributed by atoms with E-state index >= 15 is 0 Å². The molecule has 0 saturated heterocycles. The highest BCUT2D eigenvalue weighted by Gasteiger charge is 2.32. The zero-order valence-electron chi connectivity index (χ0n) is 18.3. The molecule has 32 heavy (non-hydrogen) atoms. The Labute approximate surface area is 186 Å². The third kappa shape index (κ3) is 3.50. The number of fused-ring (bicyclic) bond motifs is 7. The summed E-state index contributed by atoms with van der Waals surface area (Å²) >= 11 is 0. The summed E-state index contributed by atoms with van der Waals surface area (Å²) in [6, 6.07) is 10.1. The monoisotopic (exact) mass is 431 g/mol. The lowest BCUT2D eigenvalue weighted by molar-refractivity contribution is 0.155. The summed E-state index contributed by atoms with van der Waals surface area (Å²) in [5, 5.41) is 14.2. The largest absolute Gasteiger partial charge is 0.490 e. The van der Waals surface area contributed by atoms with Gasteiger partial charge in [0.15, 0.2) is 11.6 Å². The van der Waals surface area contributed by atoms with Gasteiger partial charge in [-0.25, -0.2) is 4.98 Å². The van der Waals surface area contributed by atoms with Crippen molar-refractivity contribution in [1.29, 1.82) is 5.26 Å². The van der Waals surface area contributed by atoms with Crippen molar-refractivity contribution < 1.29 is 14.2 Å². The van der Waals surface area contributed by atoms with Crippen LogP contribution in [0.15, 0.2) is 30.5 Å². The average molecular weight is 431 g/mol. The highest BCUT2D eigenvalue weighted by atomic mass is 16.5. The third-order valence-electron chi connectivity index (χ3n) is 6.11. The number of nitriles is 1. The Bertz CT molecular complexity index is 1230. The van der Waals surface area contributed by atoms with Crippen LogP contribution in [0.3, 0.4) is 0 Å². The molecular weight excluding hydrogens is 406 g/mol. The average Bonchev–Trinajstić information content (AvgIpc) is 3.33. The van der Waals surface area contributed by atoms with Gasteiger partial charge in [0.25, 0.3) is 0 Å². The lowest BCUT2D eigenvalue weighted by Gasteiger charge is -2.23. The summed E-state index contributed by atoms with van der Waals surface area (Å²) in [6.07, 6.45) is 3.76. The maximum atomic E-state index is 9.77. The lowest BCUT2D eigenvalue weighted by Crippen LogP contribution is -2.19. The molecule has 1 fully saturated rings. The van der Waals surface area contributed by atoms with Crippen LogP contribution < -0.4 is 19.9 Å². The van der Waals surface area contributed by atoms with E-state index in [0.29, 0.717) is 28.5 Å². The molecular formula is C24H25N5O3. The first-order valence-electron chi connectivity index (χ1n) is 10.8. The Morgan fingerprint density at radius 2 is 1.91 bits per heavy atom. The van der Waals surface area contributed by atoms with Crippen molar-refractivity contribution in [2.45, 2.75) is 51.4 Å². The van der Waals surface area contributed by atoms with Crippen LogP contribution in [-0.4, -0.2) is 27.0 Å². The standard InChI is InChI=1S/C24H25N5O3/c1-13-4-7-20-18(8-13)14(2)30-21-9-15(12-27-23(21)26)22-19(11-25)29(3)28-24(22)32-17-6-5-16(10-17)31-20/h4,7-9,12,14,16-17H,5-6,10H2,1-3H3,(H2,26,27)/t14-,16?,17?/m1/s1. The molecule has 0 amide bonds. The van der Waals surface area contributed by atoms with Gasteiger partial charge in [0.2, 0.25) is 5.88 Å². The van der Waals surface area contributed by atoms with E-state index in [1.54, 1.807) is 19.3 Å². The van der Waals surface area contributed by atoms with Gasteiger partial charge in [0.05, 0.1) is 5.56 Å². The van der Waals surface area contributed by atoms with Gasteiger partial charge in [-0.05, 0) is 44.9 Å². The molecule has 2 N–H and O–H groups in total. The van der Waals surface area contributed by atoms with Crippen LogP contribution in [0.25, 0.3) is 11.1 Å². The number of benzene rings is 1. The normalized spacial score (nSPS) is 21.8. The van der Waals surface area contributed by atoms with E-state index in [0.717, 1.165) is 36.1 Å². The molecule has 1 saturated carbocycles. The summed E-state index contributed by atoms with van der Waals surface area (Å²) < 4.78 is 20.5. The molecule has 3 heterocycles. The molecule has 8 heteroatoms. The fourth-order valence-corrected chi connectivity index (χ4v) is 4.46. The Kier molecular flexibility index (Phi) is 4.89. The van der Waals surface area contributed by atoms with E-state index in [9.17, 15) is 5.26 Å². The fourth-order valence-electron chi connectivity index (χ4n) is 4.46. The topological polar surface area (TPSA) is 108 Å². The molecule has 4 bridgehead atoms. The molecule has 2 aromatic heterocycles. The second-order valence-corrected chi connectivity index (χ2v) is 8.47.